The Hall–Kier alpha value is 0.0500. The normalized spacial score (nSPS) is 18.1. The molecule has 18 heavy (non-hydrogen) atoms. The molecule has 1 fully saturated rings. The first-order valence-electron chi connectivity index (χ1n) is 5.96. The van der Waals surface area contributed by atoms with Crippen LogP contribution in [0.15, 0.2) is 15.9 Å². The van der Waals surface area contributed by atoms with Gasteiger partial charge >= 0.3 is 0 Å². The van der Waals surface area contributed by atoms with Crippen LogP contribution in [0.25, 0.3) is 0 Å². The molecule has 2 heterocycles. The molecule has 0 amide bonds. The lowest BCUT2D eigenvalue weighted by Gasteiger charge is -2.22. The summed E-state index contributed by atoms with van der Waals surface area (Å²) in [5.41, 5.74) is 0. The fourth-order valence-electron chi connectivity index (χ4n) is 2.05. The zero-order valence-corrected chi connectivity index (χ0v) is 13.2. The van der Waals surface area contributed by atoms with E-state index in [1.165, 1.54) is 0 Å². The van der Waals surface area contributed by atoms with Gasteiger partial charge in [-0.2, -0.15) is 0 Å². The van der Waals surface area contributed by atoms with E-state index in [0.717, 1.165) is 35.3 Å². The second-order valence-corrected chi connectivity index (χ2v) is 8.29. The van der Waals surface area contributed by atoms with Gasteiger partial charge in [0, 0.05) is 21.3 Å². The molecular formula is C11H17BrN2O2S2. The Morgan fingerprint density at radius 1 is 1.44 bits per heavy atom. The summed E-state index contributed by atoms with van der Waals surface area (Å²) in [4.78, 5) is 1.02. The summed E-state index contributed by atoms with van der Waals surface area (Å²) in [6.45, 7) is 2.25. The van der Waals surface area contributed by atoms with Crippen molar-refractivity contribution in [2.75, 3.05) is 18.8 Å². The van der Waals surface area contributed by atoms with E-state index in [1.807, 2.05) is 11.4 Å². The summed E-state index contributed by atoms with van der Waals surface area (Å²) >= 11 is 4.91. The highest BCUT2D eigenvalue weighted by molar-refractivity contribution is 9.10. The fourth-order valence-corrected chi connectivity index (χ4v) is 4.97. The maximum absolute atomic E-state index is 11.9. The minimum absolute atomic E-state index is 0.251. The molecule has 0 unspecified atom stereocenters. The van der Waals surface area contributed by atoms with Crippen LogP contribution in [0.2, 0.25) is 0 Å². The van der Waals surface area contributed by atoms with Crippen molar-refractivity contribution in [2.24, 2.45) is 5.92 Å². The van der Waals surface area contributed by atoms with Crippen molar-refractivity contribution in [3.63, 3.8) is 0 Å². The summed E-state index contributed by atoms with van der Waals surface area (Å²) in [6.07, 6.45) is 1.90. The van der Waals surface area contributed by atoms with E-state index in [1.54, 1.807) is 11.3 Å². The van der Waals surface area contributed by atoms with Gasteiger partial charge in [0.25, 0.3) is 0 Å². The van der Waals surface area contributed by atoms with Crippen LogP contribution in [-0.2, 0) is 16.6 Å². The van der Waals surface area contributed by atoms with Gasteiger partial charge in [0.05, 0.1) is 5.75 Å². The number of halogens is 1. The Balaban J connectivity index is 1.83. The maximum atomic E-state index is 11.9. The van der Waals surface area contributed by atoms with E-state index in [9.17, 15) is 8.42 Å². The molecule has 1 aromatic heterocycles. The molecule has 0 aliphatic carbocycles. The van der Waals surface area contributed by atoms with E-state index in [2.05, 4.69) is 26.0 Å². The van der Waals surface area contributed by atoms with E-state index in [4.69, 9.17) is 0 Å². The van der Waals surface area contributed by atoms with Crippen molar-refractivity contribution in [3.8, 4) is 0 Å². The highest BCUT2D eigenvalue weighted by Gasteiger charge is 2.20. The molecule has 1 aliphatic rings. The standard InChI is InChI=1S/C11H17BrN2O2S2/c12-10-5-11(17-7-10)6-14-18(15,16)8-9-1-3-13-4-2-9/h5,7,9,13-14H,1-4,6,8H2. The predicted octanol–water partition coefficient (Wildman–Crippen LogP) is 1.93. The molecule has 7 heteroatoms. The van der Waals surface area contributed by atoms with Crippen LogP contribution in [0.1, 0.15) is 17.7 Å². The molecule has 0 radical (unpaired) electrons. The number of sulfonamides is 1. The third kappa shape index (κ3) is 4.62. The van der Waals surface area contributed by atoms with Crippen molar-refractivity contribution >= 4 is 37.3 Å². The molecule has 4 nitrogen and oxygen atoms in total. The van der Waals surface area contributed by atoms with E-state index in [0.29, 0.717) is 12.5 Å². The van der Waals surface area contributed by atoms with E-state index in [-0.39, 0.29) is 5.75 Å². The fraction of sp³-hybridized carbons (Fsp3) is 0.636. The van der Waals surface area contributed by atoms with Crippen LogP contribution in [-0.4, -0.2) is 27.3 Å². The third-order valence-electron chi connectivity index (χ3n) is 3.00. The van der Waals surface area contributed by atoms with Crippen molar-refractivity contribution in [2.45, 2.75) is 19.4 Å². The third-order valence-corrected chi connectivity index (χ3v) is 6.19. The summed E-state index contributed by atoms with van der Waals surface area (Å²) < 4.78 is 27.6. The predicted molar refractivity (Wildman–Crippen MR) is 78.2 cm³/mol. The van der Waals surface area contributed by atoms with Crippen LogP contribution in [0, 0.1) is 5.92 Å². The van der Waals surface area contributed by atoms with Crippen LogP contribution in [0.4, 0.5) is 0 Å². The number of piperidine rings is 1. The first-order valence-corrected chi connectivity index (χ1v) is 9.28. The summed E-state index contributed by atoms with van der Waals surface area (Å²) in [5, 5.41) is 5.20. The van der Waals surface area contributed by atoms with Crippen molar-refractivity contribution in [1.29, 1.82) is 0 Å². The van der Waals surface area contributed by atoms with Gasteiger partial charge in [-0.3, -0.25) is 0 Å². The van der Waals surface area contributed by atoms with Crippen molar-refractivity contribution < 1.29 is 8.42 Å². The SMILES string of the molecule is O=S(=O)(CC1CCNCC1)NCc1cc(Br)cs1. The van der Waals surface area contributed by atoms with E-state index < -0.39 is 10.0 Å². The number of hydrogen-bond acceptors (Lipinski definition) is 4. The number of rotatable bonds is 5. The Morgan fingerprint density at radius 3 is 2.78 bits per heavy atom. The zero-order chi connectivity index (χ0) is 13.0. The number of nitrogens with one attached hydrogen (secondary N) is 2. The van der Waals surface area contributed by atoms with Crippen LogP contribution in [0.3, 0.4) is 0 Å². The quantitative estimate of drug-likeness (QED) is 0.851. The summed E-state index contributed by atoms with van der Waals surface area (Å²) in [7, 11) is -3.16. The Labute approximate surface area is 120 Å². The van der Waals surface area contributed by atoms with Gasteiger partial charge < -0.3 is 5.32 Å². The van der Waals surface area contributed by atoms with Gasteiger partial charge in [-0.15, -0.1) is 11.3 Å². The zero-order valence-electron chi connectivity index (χ0n) is 9.99. The monoisotopic (exact) mass is 352 g/mol. The average Bonchev–Trinajstić information content (AvgIpc) is 2.74. The molecule has 102 valence electrons. The molecule has 0 atom stereocenters. The highest BCUT2D eigenvalue weighted by Crippen LogP contribution is 2.20. The van der Waals surface area contributed by atoms with Crippen molar-refractivity contribution in [1.82, 2.24) is 10.0 Å². The minimum atomic E-state index is -3.16. The molecule has 0 bridgehead atoms. The van der Waals surface area contributed by atoms with Gasteiger partial charge in [0.15, 0.2) is 0 Å². The molecule has 1 aromatic rings. The Bertz CT molecular complexity index is 481. The van der Waals surface area contributed by atoms with Gasteiger partial charge in [0.1, 0.15) is 0 Å². The summed E-state index contributed by atoms with van der Waals surface area (Å²) in [6, 6.07) is 1.94. The van der Waals surface area contributed by atoms with Crippen LogP contribution < -0.4 is 10.0 Å². The molecule has 0 saturated carbocycles. The van der Waals surface area contributed by atoms with Gasteiger partial charge in [-0.05, 0) is 53.8 Å². The molecule has 1 aliphatic heterocycles. The largest absolute Gasteiger partial charge is 0.317 e. The second kappa shape index (κ2) is 6.47. The molecular weight excluding hydrogens is 336 g/mol. The molecule has 0 spiro atoms. The highest BCUT2D eigenvalue weighted by atomic mass is 79.9. The minimum Gasteiger partial charge on any atom is -0.317 e. The van der Waals surface area contributed by atoms with Gasteiger partial charge in [-0.25, -0.2) is 13.1 Å². The first-order chi connectivity index (χ1) is 8.55. The number of thiophene rings is 1. The lowest BCUT2D eigenvalue weighted by Crippen LogP contribution is -2.35. The summed E-state index contributed by atoms with van der Waals surface area (Å²) in [5.74, 6) is 0.542. The lowest BCUT2D eigenvalue weighted by atomic mass is 10.0. The van der Waals surface area contributed by atoms with Gasteiger partial charge in [0.2, 0.25) is 10.0 Å². The smallest absolute Gasteiger partial charge is 0.212 e. The van der Waals surface area contributed by atoms with E-state index >= 15 is 0 Å². The van der Waals surface area contributed by atoms with Gasteiger partial charge in [-0.1, -0.05) is 0 Å². The van der Waals surface area contributed by atoms with Crippen LogP contribution in [0.5, 0.6) is 0 Å². The van der Waals surface area contributed by atoms with Crippen LogP contribution >= 0.6 is 27.3 Å². The second-order valence-electron chi connectivity index (χ2n) is 4.53. The average molecular weight is 353 g/mol. The molecule has 2 rings (SSSR count). The molecule has 0 aromatic carbocycles. The molecule has 2 N–H and O–H groups in total. The first kappa shape index (κ1) is 14.5. The topological polar surface area (TPSA) is 58.2 Å². The molecule has 1 saturated heterocycles. The number of hydrogen-bond donors (Lipinski definition) is 2. The maximum Gasteiger partial charge on any atom is 0.212 e. The van der Waals surface area contributed by atoms with Crippen molar-refractivity contribution in [3.05, 3.63) is 20.8 Å². The lowest BCUT2D eigenvalue weighted by molar-refractivity contribution is 0.400. The Kier molecular flexibility index (Phi) is 5.20. The Morgan fingerprint density at radius 2 is 2.17 bits per heavy atom.